The fourth-order valence-electron chi connectivity index (χ4n) is 3.01. The molecule has 33 heavy (non-hydrogen) atoms. The number of carbonyl (C=O) groups is 2. The van der Waals surface area contributed by atoms with Crippen LogP contribution < -0.4 is 23.7 Å². The topological polar surface area (TPSA) is 89.5 Å². The summed E-state index contributed by atoms with van der Waals surface area (Å²) >= 11 is 0. The van der Waals surface area contributed by atoms with Gasteiger partial charge in [-0.25, -0.2) is 4.79 Å². The Kier molecular flexibility index (Phi) is 8.18. The Morgan fingerprint density at radius 2 is 1.30 bits per heavy atom. The Morgan fingerprint density at radius 1 is 0.788 bits per heavy atom. The Hall–Kier alpha value is -4.14. The third kappa shape index (κ3) is 5.97. The van der Waals surface area contributed by atoms with E-state index in [1.165, 1.54) is 14.1 Å². The maximum Gasteiger partial charge on any atom is 0.327 e. The highest BCUT2D eigenvalue weighted by Crippen LogP contribution is 2.39. The van der Waals surface area contributed by atoms with Crippen molar-refractivity contribution < 1.29 is 37.9 Å². The van der Waals surface area contributed by atoms with E-state index in [9.17, 15) is 9.59 Å². The second kappa shape index (κ2) is 11.5. The lowest BCUT2D eigenvalue weighted by Gasteiger charge is -2.18. The fourth-order valence-corrected chi connectivity index (χ4v) is 3.01. The molecule has 3 rings (SSSR count). The molecule has 0 saturated heterocycles. The van der Waals surface area contributed by atoms with Crippen LogP contribution in [0.3, 0.4) is 0 Å². The van der Waals surface area contributed by atoms with Gasteiger partial charge in [-0.2, -0.15) is 0 Å². The van der Waals surface area contributed by atoms with Gasteiger partial charge in [0, 0.05) is 0 Å². The van der Waals surface area contributed by atoms with Gasteiger partial charge in [0.15, 0.2) is 11.5 Å². The molecular weight excluding hydrogens is 427 g/mol. The third-order valence-electron chi connectivity index (χ3n) is 4.74. The summed E-state index contributed by atoms with van der Waals surface area (Å²) in [7, 11) is 4.40. The van der Waals surface area contributed by atoms with Crippen LogP contribution in [0.25, 0.3) is 0 Å². The van der Waals surface area contributed by atoms with E-state index in [1.807, 2.05) is 36.4 Å². The summed E-state index contributed by atoms with van der Waals surface area (Å²) in [5.41, 5.74) is 1.66. The van der Waals surface area contributed by atoms with Gasteiger partial charge in [-0.05, 0) is 47.5 Å². The van der Waals surface area contributed by atoms with Crippen molar-refractivity contribution in [3.05, 3.63) is 77.4 Å². The van der Waals surface area contributed by atoms with Crippen LogP contribution in [0.2, 0.25) is 0 Å². The van der Waals surface area contributed by atoms with E-state index in [1.54, 1.807) is 32.4 Å². The van der Waals surface area contributed by atoms with E-state index in [0.717, 1.165) is 16.9 Å². The van der Waals surface area contributed by atoms with Crippen molar-refractivity contribution >= 4 is 20.5 Å². The highest BCUT2D eigenvalue weighted by Gasteiger charge is 2.24. The zero-order valence-corrected chi connectivity index (χ0v) is 18.5. The summed E-state index contributed by atoms with van der Waals surface area (Å²) in [5, 5.41) is 0. The molecule has 170 valence electrons. The second-order valence-corrected chi connectivity index (χ2v) is 6.75. The minimum Gasteiger partial charge on any atom is -0.540 e. The van der Waals surface area contributed by atoms with Crippen molar-refractivity contribution in [2.45, 2.75) is 13.2 Å². The SMILES string of the molecule is BOC(=O)c1c(OC=O)ccc(OCc2ccc(OC)cc2)c1OCc1ccc(OC)cc1. The zero-order chi connectivity index (χ0) is 23.6. The molecule has 0 aliphatic rings. The van der Waals surface area contributed by atoms with Crippen molar-refractivity contribution in [1.29, 1.82) is 0 Å². The maximum atomic E-state index is 12.5. The second-order valence-electron chi connectivity index (χ2n) is 6.75. The van der Waals surface area contributed by atoms with E-state index >= 15 is 0 Å². The highest BCUT2D eigenvalue weighted by molar-refractivity contribution is 6.11. The van der Waals surface area contributed by atoms with Crippen molar-refractivity contribution in [3.63, 3.8) is 0 Å². The van der Waals surface area contributed by atoms with Gasteiger partial charge in [-0.3, -0.25) is 4.79 Å². The van der Waals surface area contributed by atoms with Gasteiger partial charge in [-0.15, -0.1) is 0 Å². The smallest absolute Gasteiger partial charge is 0.327 e. The number of methoxy groups -OCH3 is 2. The summed E-state index contributed by atoms with van der Waals surface area (Å²) in [6, 6.07) is 17.6. The van der Waals surface area contributed by atoms with E-state index in [2.05, 4.69) is 0 Å². The molecule has 0 aliphatic carbocycles. The standard InChI is InChI=1S/C24H23BO8/c1-28-18-7-3-16(4-8-18)13-30-21-12-11-20(32-15-26)22(24(27)33-25)23(21)31-14-17-5-9-19(29-2)10-6-17/h3-12,15H,13-14,25H2,1-2H3. The lowest BCUT2D eigenvalue weighted by atomic mass is 10.1. The number of hydrogen-bond acceptors (Lipinski definition) is 8. The van der Waals surface area contributed by atoms with Gasteiger partial charge >= 0.3 is 14.0 Å². The minimum atomic E-state index is -0.730. The molecule has 0 radical (unpaired) electrons. The molecule has 0 aromatic heterocycles. The Morgan fingerprint density at radius 3 is 1.79 bits per heavy atom. The van der Waals surface area contributed by atoms with Crippen LogP contribution in [0, 0.1) is 0 Å². The molecule has 9 heteroatoms. The molecule has 3 aromatic carbocycles. The van der Waals surface area contributed by atoms with Crippen LogP contribution in [-0.2, 0) is 22.7 Å². The Labute approximate surface area is 192 Å². The molecule has 0 atom stereocenters. The van der Waals surface area contributed by atoms with E-state index in [-0.39, 0.29) is 42.5 Å². The number of carbonyl (C=O) groups excluding carboxylic acids is 2. The summed E-state index contributed by atoms with van der Waals surface area (Å²) in [6.45, 7) is 0.557. The van der Waals surface area contributed by atoms with Crippen LogP contribution in [0.15, 0.2) is 60.7 Å². The average molecular weight is 450 g/mol. The summed E-state index contributed by atoms with van der Waals surface area (Å²) in [6.07, 6.45) is 0. The highest BCUT2D eigenvalue weighted by atomic mass is 16.5. The summed E-state index contributed by atoms with van der Waals surface area (Å²) in [5.74, 6) is 1.10. The lowest BCUT2D eigenvalue weighted by molar-refractivity contribution is -0.120. The normalized spacial score (nSPS) is 10.1. The van der Waals surface area contributed by atoms with Gasteiger partial charge in [-0.1, -0.05) is 24.3 Å². The molecule has 3 aromatic rings. The number of rotatable bonds is 11. The van der Waals surface area contributed by atoms with Crippen molar-refractivity contribution in [3.8, 4) is 28.7 Å². The predicted octanol–water partition coefficient (Wildman–Crippen LogP) is 3.10. The predicted molar refractivity (Wildman–Crippen MR) is 122 cm³/mol. The first-order chi connectivity index (χ1) is 16.1. The lowest BCUT2D eigenvalue weighted by Crippen LogP contribution is -2.11. The van der Waals surface area contributed by atoms with Crippen LogP contribution in [0.1, 0.15) is 21.5 Å². The number of benzene rings is 3. The fraction of sp³-hybridized carbons (Fsp3) is 0.167. The van der Waals surface area contributed by atoms with Crippen molar-refractivity contribution in [2.75, 3.05) is 14.2 Å². The molecule has 0 heterocycles. The van der Waals surface area contributed by atoms with E-state index in [0.29, 0.717) is 5.75 Å². The van der Waals surface area contributed by atoms with Gasteiger partial charge in [0.25, 0.3) is 6.47 Å². The molecular formula is C24H23BO8. The first kappa shape index (κ1) is 23.5. The van der Waals surface area contributed by atoms with Crippen LogP contribution in [0.4, 0.5) is 0 Å². The molecule has 8 nitrogen and oxygen atoms in total. The van der Waals surface area contributed by atoms with Crippen LogP contribution >= 0.6 is 0 Å². The van der Waals surface area contributed by atoms with Gasteiger partial charge in [0.05, 0.1) is 14.2 Å². The number of ether oxygens (including phenoxy) is 5. The summed E-state index contributed by atoms with van der Waals surface area (Å²) in [4.78, 5) is 23.5. The van der Waals surface area contributed by atoms with Gasteiger partial charge in [0.2, 0.25) is 0 Å². The first-order valence-corrected chi connectivity index (χ1v) is 9.96. The molecule has 0 bridgehead atoms. The maximum absolute atomic E-state index is 12.5. The average Bonchev–Trinajstić information content (AvgIpc) is 2.87. The van der Waals surface area contributed by atoms with Crippen LogP contribution in [0.5, 0.6) is 28.7 Å². The number of hydrogen-bond donors (Lipinski definition) is 0. The van der Waals surface area contributed by atoms with E-state index in [4.69, 9.17) is 28.3 Å². The van der Waals surface area contributed by atoms with Crippen LogP contribution in [-0.4, -0.2) is 34.7 Å². The Bertz CT molecular complexity index is 1080. The molecule has 0 N–H and O–H groups in total. The molecule has 0 fully saturated rings. The summed E-state index contributed by atoms with van der Waals surface area (Å²) < 4.78 is 32.1. The molecule has 0 amide bonds. The minimum absolute atomic E-state index is 0.00150. The van der Waals surface area contributed by atoms with Crippen molar-refractivity contribution in [2.24, 2.45) is 0 Å². The van der Waals surface area contributed by atoms with Gasteiger partial charge < -0.3 is 28.3 Å². The Balaban J connectivity index is 1.91. The largest absolute Gasteiger partial charge is 0.540 e. The zero-order valence-electron chi connectivity index (χ0n) is 18.5. The third-order valence-corrected chi connectivity index (χ3v) is 4.74. The van der Waals surface area contributed by atoms with Crippen molar-refractivity contribution in [1.82, 2.24) is 0 Å². The van der Waals surface area contributed by atoms with E-state index < -0.39 is 5.97 Å². The monoisotopic (exact) mass is 450 g/mol. The quantitative estimate of drug-likeness (QED) is 0.325. The molecule has 0 aliphatic heterocycles. The molecule has 0 unspecified atom stereocenters. The van der Waals surface area contributed by atoms with Gasteiger partial charge in [0.1, 0.15) is 36.0 Å². The molecule has 0 saturated carbocycles. The molecule has 0 spiro atoms. The first-order valence-electron chi connectivity index (χ1n) is 9.96.